The van der Waals surface area contributed by atoms with E-state index in [2.05, 4.69) is 170 Å². The Morgan fingerprint density at radius 3 is 1.74 bits per heavy atom. The van der Waals surface area contributed by atoms with E-state index < -0.39 is 0 Å². The molecule has 0 spiro atoms. The maximum atomic E-state index is 2.39. The second-order valence-corrected chi connectivity index (χ2v) is 13.5. The minimum Gasteiger partial charge on any atom is -0.135 e. The van der Waals surface area contributed by atoms with Crippen LogP contribution < -0.4 is 0 Å². The summed E-state index contributed by atoms with van der Waals surface area (Å²) in [5.41, 5.74) is 7.46. The third kappa shape index (κ3) is 4.21. The molecule has 0 bridgehead atoms. The lowest BCUT2D eigenvalue weighted by atomic mass is 9.91. The van der Waals surface area contributed by atoms with Gasteiger partial charge in [-0.25, -0.2) is 0 Å². The van der Waals surface area contributed by atoms with E-state index in [4.69, 9.17) is 0 Å². The maximum absolute atomic E-state index is 2.39. The van der Waals surface area contributed by atoms with E-state index in [0.717, 1.165) is 0 Å². The van der Waals surface area contributed by atoms with Crippen LogP contribution in [0, 0.1) is 0 Å². The van der Waals surface area contributed by atoms with Gasteiger partial charge in [-0.2, -0.15) is 0 Å². The summed E-state index contributed by atoms with van der Waals surface area (Å²) < 4.78 is 2.69. The third-order valence-corrected chi connectivity index (χ3v) is 11.1. The monoisotopic (exact) mass is 612 g/mol. The van der Waals surface area contributed by atoms with Gasteiger partial charge in [0.25, 0.3) is 0 Å². The summed E-state index contributed by atoms with van der Waals surface area (Å²) in [5.74, 6) is 0. The average Bonchev–Trinajstić information content (AvgIpc) is 3.53. The molecule has 218 valence electrons. The summed E-state index contributed by atoms with van der Waals surface area (Å²) >= 11 is 1.89. The highest BCUT2D eigenvalue weighted by atomic mass is 32.1. The van der Waals surface area contributed by atoms with Gasteiger partial charge in [-0.15, -0.1) is 11.3 Å². The second kappa shape index (κ2) is 10.4. The fourth-order valence-electron chi connectivity index (χ4n) is 7.54. The second-order valence-electron chi connectivity index (χ2n) is 12.5. The van der Waals surface area contributed by atoms with Crippen molar-refractivity contribution in [1.82, 2.24) is 0 Å². The third-order valence-electron chi connectivity index (χ3n) is 9.83. The minimum absolute atomic E-state index is 1.22. The van der Waals surface area contributed by atoms with Gasteiger partial charge in [0.15, 0.2) is 0 Å². The number of rotatable bonds is 3. The lowest BCUT2D eigenvalue weighted by Crippen LogP contribution is -1.86. The van der Waals surface area contributed by atoms with Crippen molar-refractivity contribution in [2.24, 2.45) is 0 Å². The van der Waals surface area contributed by atoms with Crippen LogP contribution in [-0.4, -0.2) is 0 Å². The first-order chi connectivity index (χ1) is 23.3. The normalized spacial score (nSPS) is 11.8. The fraction of sp³-hybridized carbons (Fsp3) is 0. The molecule has 0 aliphatic heterocycles. The van der Waals surface area contributed by atoms with E-state index in [1.165, 1.54) is 96.6 Å². The predicted octanol–water partition coefficient (Wildman–Crippen LogP) is 13.7. The van der Waals surface area contributed by atoms with Gasteiger partial charge in [0.05, 0.1) is 0 Å². The van der Waals surface area contributed by atoms with Crippen molar-refractivity contribution in [2.45, 2.75) is 0 Å². The molecule has 0 nitrogen and oxygen atoms in total. The van der Waals surface area contributed by atoms with Gasteiger partial charge in [0.1, 0.15) is 0 Å². The largest absolute Gasteiger partial charge is 0.135 e. The molecule has 0 radical (unpaired) electrons. The molecule has 47 heavy (non-hydrogen) atoms. The summed E-state index contributed by atoms with van der Waals surface area (Å²) in [7, 11) is 0. The molecule has 0 saturated heterocycles. The first-order valence-corrected chi connectivity index (χ1v) is 17.0. The van der Waals surface area contributed by atoms with Gasteiger partial charge in [0, 0.05) is 20.2 Å². The Balaban J connectivity index is 1.10. The van der Waals surface area contributed by atoms with Crippen molar-refractivity contribution in [1.29, 1.82) is 0 Å². The van der Waals surface area contributed by atoms with E-state index in [9.17, 15) is 0 Å². The number of hydrogen-bond donors (Lipinski definition) is 0. The van der Waals surface area contributed by atoms with Crippen LogP contribution in [-0.2, 0) is 0 Å². The zero-order valence-corrected chi connectivity index (χ0v) is 26.4. The van der Waals surface area contributed by atoms with Crippen LogP contribution in [0.25, 0.3) is 96.6 Å². The summed E-state index contributed by atoms with van der Waals surface area (Å²) in [6.45, 7) is 0. The highest BCUT2D eigenvalue weighted by molar-refractivity contribution is 7.26. The van der Waals surface area contributed by atoms with E-state index in [1.807, 2.05) is 11.3 Å². The number of fused-ring (bicyclic) bond motifs is 10. The SMILES string of the molecule is c1cc(-c2cccc(-c3cccc4c3sc3ccccc34)c2)cc(-c2ccc3ccc4ccc5c6ccccc6ccc5c4c3c2)c1. The van der Waals surface area contributed by atoms with Gasteiger partial charge in [-0.05, 0) is 101 Å². The maximum Gasteiger partial charge on any atom is 0.0433 e. The Kier molecular flexibility index (Phi) is 5.85. The van der Waals surface area contributed by atoms with Crippen LogP contribution in [0.15, 0.2) is 170 Å². The zero-order chi connectivity index (χ0) is 30.9. The standard InChI is InChI=1S/C46H28S/c1-2-13-37-29(8-1)22-25-41-39(37)24-23-31-20-18-30-19-21-35(28-43(30)45(31)41)33-10-5-9-32(26-33)34-11-6-12-36(27-34)38-15-7-16-42-40-14-3-4-17-44(40)47-46(38)42/h1-28H. The fourth-order valence-corrected chi connectivity index (χ4v) is 8.78. The summed E-state index contributed by atoms with van der Waals surface area (Å²) in [4.78, 5) is 0. The number of benzene rings is 9. The first kappa shape index (κ1) is 26.5. The Morgan fingerprint density at radius 2 is 0.872 bits per heavy atom. The van der Waals surface area contributed by atoms with Crippen LogP contribution in [0.3, 0.4) is 0 Å². The summed E-state index contributed by atoms with van der Waals surface area (Å²) in [5, 5.41) is 13.0. The highest BCUT2D eigenvalue weighted by Gasteiger charge is 2.13. The lowest BCUT2D eigenvalue weighted by molar-refractivity contribution is 1.59. The smallest absolute Gasteiger partial charge is 0.0433 e. The first-order valence-electron chi connectivity index (χ1n) is 16.2. The van der Waals surface area contributed by atoms with Crippen molar-refractivity contribution in [3.63, 3.8) is 0 Å². The Morgan fingerprint density at radius 1 is 0.298 bits per heavy atom. The Bertz CT molecular complexity index is 2850. The van der Waals surface area contributed by atoms with Crippen LogP contribution in [0.2, 0.25) is 0 Å². The molecule has 0 atom stereocenters. The zero-order valence-electron chi connectivity index (χ0n) is 25.6. The van der Waals surface area contributed by atoms with Crippen molar-refractivity contribution in [3.8, 4) is 33.4 Å². The molecule has 0 unspecified atom stereocenters. The Hall–Kier alpha value is -5.76. The highest BCUT2D eigenvalue weighted by Crippen LogP contribution is 2.41. The van der Waals surface area contributed by atoms with E-state index in [1.54, 1.807) is 0 Å². The number of hydrogen-bond acceptors (Lipinski definition) is 1. The van der Waals surface area contributed by atoms with Gasteiger partial charge >= 0.3 is 0 Å². The lowest BCUT2D eigenvalue weighted by Gasteiger charge is -2.12. The molecule has 0 N–H and O–H groups in total. The predicted molar refractivity (Wildman–Crippen MR) is 206 cm³/mol. The molecule has 0 aliphatic rings. The van der Waals surface area contributed by atoms with E-state index in [0.29, 0.717) is 0 Å². The number of thiophene rings is 1. The molecule has 10 rings (SSSR count). The molecular formula is C46H28S. The topological polar surface area (TPSA) is 0 Å². The van der Waals surface area contributed by atoms with Crippen LogP contribution in [0.1, 0.15) is 0 Å². The van der Waals surface area contributed by atoms with Gasteiger partial charge in [-0.1, -0.05) is 146 Å². The molecule has 1 heterocycles. The van der Waals surface area contributed by atoms with E-state index >= 15 is 0 Å². The van der Waals surface area contributed by atoms with E-state index in [-0.39, 0.29) is 0 Å². The van der Waals surface area contributed by atoms with Crippen molar-refractivity contribution in [2.75, 3.05) is 0 Å². The molecule has 0 saturated carbocycles. The molecule has 0 fully saturated rings. The van der Waals surface area contributed by atoms with Crippen LogP contribution in [0.4, 0.5) is 0 Å². The Labute approximate surface area is 276 Å². The average molecular weight is 613 g/mol. The quantitative estimate of drug-likeness (QED) is 0.174. The molecule has 0 amide bonds. The molecular weight excluding hydrogens is 585 g/mol. The van der Waals surface area contributed by atoms with Crippen molar-refractivity contribution < 1.29 is 0 Å². The molecule has 0 aliphatic carbocycles. The van der Waals surface area contributed by atoms with Crippen molar-refractivity contribution in [3.05, 3.63) is 170 Å². The summed E-state index contributed by atoms with van der Waals surface area (Å²) in [6.07, 6.45) is 0. The summed E-state index contributed by atoms with van der Waals surface area (Å²) in [6, 6.07) is 62.8. The van der Waals surface area contributed by atoms with Crippen LogP contribution >= 0.6 is 11.3 Å². The minimum atomic E-state index is 1.22. The van der Waals surface area contributed by atoms with Crippen LogP contribution in [0.5, 0.6) is 0 Å². The van der Waals surface area contributed by atoms with Gasteiger partial charge in [0.2, 0.25) is 0 Å². The molecule has 9 aromatic carbocycles. The van der Waals surface area contributed by atoms with Gasteiger partial charge < -0.3 is 0 Å². The van der Waals surface area contributed by atoms with Crippen molar-refractivity contribution >= 4 is 74.6 Å². The van der Waals surface area contributed by atoms with Gasteiger partial charge in [-0.3, -0.25) is 0 Å². The molecule has 10 aromatic rings. The molecule has 1 heteroatoms. The molecule has 1 aromatic heterocycles.